The van der Waals surface area contributed by atoms with Crippen molar-refractivity contribution in [2.75, 3.05) is 5.73 Å². The van der Waals surface area contributed by atoms with Gasteiger partial charge in [-0.25, -0.2) is 4.79 Å². The molecule has 6 nitrogen and oxygen atoms in total. The zero-order valence-electron chi connectivity index (χ0n) is 10.0. The van der Waals surface area contributed by atoms with Crippen molar-refractivity contribution in [1.82, 2.24) is 9.78 Å². The number of nitrogen functional groups attached to an aromatic ring is 1. The van der Waals surface area contributed by atoms with Gasteiger partial charge < -0.3 is 15.6 Å². The van der Waals surface area contributed by atoms with Crippen LogP contribution in [-0.2, 0) is 7.05 Å². The van der Waals surface area contributed by atoms with Crippen LogP contribution < -0.4 is 10.5 Å². The maximum Gasteiger partial charge on any atom is 0.337 e. The number of nitrogens with two attached hydrogens (primary N) is 1. The predicted octanol–water partition coefficient (Wildman–Crippen LogP) is 1.80. The van der Waals surface area contributed by atoms with E-state index in [1.807, 2.05) is 0 Å². The monoisotopic (exact) mass is 247 g/mol. The number of carboxylic acid groups (broad SMARTS) is 1. The van der Waals surface area contributed by atoms with Crippen LogP contribution in [0.1, 0.15) is 15.9 Å². The normalized spacial score (nSPS) is 10.3. The van der Waals surface area contributed by atoms with Crippen LogP contribution in [0.4, 0.5) is 5.69 Å². The first kappa shape index (κ1) is 12.0. The largest absolute Gasteiger partial charge is 0.478 e. The van der Waals surface area contributed by atoms with E-state index in [0.29, 0.717) is 17.1 Å². The fraction of sp³-hybridized carbons (Fsp3) is 0.167. The molecule has 0 aliphatic heterocycles. The molecule has 2 aromatic rings. The summed E-state index contributed by atoms with van der Waals surface area (Å²) in [6.07, 6.45) is 3.23. The second-order valence-electron chi connectivity index (χ2n) is 3.96. The number of carbonyl (C=O) groups is 1. The van der Waals surface area contributed by atoms with Crippen LogP contribution in [0.2, 0.25) is 0 Å². The Bertz CT molecular complexity index is 605. The van der Waals surface area contributed by atoms with Gasteiger partial charge >= 0.3 is 5.97 Å². The van der Waals surface area contributed by atoms with E-state index >= 15 is 0 Å². The highest BCUT2D eigenvalue weighted by molar-refractivity contribution is 5.95. The average Bonchev–Trinajstić information content (AvgIpc) is 2.68. The minimum atomic E-state index is -1.08. The Hall–Kier alpha value is -2.50. The van der Waals surface area contributed by atoms with Crippen molar-refractivity contribution in [1.29, 1.82) is 0 Å². The molecule has 1 heterocycles. The van der Waals surface area contributed by atoms with E-state index in [1.165, 1.54) is 6.07 Å². The lowest BCUT2D eigenvalue weighted by atomic mass is 10.1. The predicted molar refractivity (Wildman–Crippen MR) is 65.8 cm³/mol. The summed E-state index contributed by atoms with van der Waals surface area (Å²) < 4.78 is 7.12. The molecule has 0 atom stereocenters. The average molecular weight is 247 g/mol. The molecular weight excluding hydrogens is 234 g/mol. The van der Waals surface area contributed by atoms with Gasteiger partial charge in [0.1, 0.15) is 5.75 Å². The zero-order valence-corrected chi connectivity index (χ0v) is 10.0. The molecule has 0 radical (unpaired) electrons. The van der Waals surface area contributed by atoms with Crippen molar-refractivity contribution in [3.05, 3.63) is 35.7 Å². The number of hydrogen-bond acceptors (Lipinski definition) is 4. The van der Waals surface area contributed by atoms with Crippen LogP contribution >= 0.6 is 0 Å². The van der Waals surface area contributed by atoms with Crippen molar-refractivity contribution in [2.45, 2.75) is 6.92 Å². The third-order valence-corrected chi connectivity index (χ3v) is 2.51. The van der Waals surface area contributed by atoms with Gasteiger partial charge in [0.25, 0.3) is 0 Å². The highest BCUT2D eigenvalue weighted by Crippen LogP contribution is 2.27. The number of aromatic carboxylic acids is 1. The van der Waals surface area contributed by atoms with E-state index in [0.717, 1.165) is 0 Å². The van der Waals surface area contributed by atoms with Gasteiger partial charge in [-0.2, -0.15) is 5.10 Å². The Balaban J connectivity index is 2.37. The third kappa shape index (κ3) is 2.27. The van der Waals surface area contributed by atoms with Gasteiger partial charge in [-0.05, 0) is 24.6 Å². The maximum atomic E-state index is 11.0. The Kier molecular flexibility index (Phi) is 2.93. The third-order valence-electron chi connectivity index (χ3n) is 2.51. The fourth-order valence-electron chi connectivity index (χ4n) is 1.59. The standard InChI is InChI=1S/C12H13N3O3/c1-7-3-8(4-10(11(7)13)12(16)17)18-9-5-14-15(2)6-9/h3-6H,13H2,1-2H3,(H,16,17). The highest BCUT2D eigenvalue weighted by atomic mass is 16.5. The number of nitrogens with zero attached hydrogens (tertiary/aromatic N) is 2. The molecule has 0 saturated carbocycles. The summed E-state index contributed by atoms with van der Waals surface area (Å²) in [6.45, 7) is 1.73. The lowest BCUT2D eigenvalue weighted by Crippen LogP contribution is -2.04. The van der Waals surface area contributed by atoms with Gasteiger partial charge in [-0.3, -0.25) is 4.68 Å². The quantitative estimate of drug-likeness (QED) is 0.807. The van der Waals surface area contributed by atoms with Crippen LogP contribution in [0.25, 0.3) is 0 Å². The molecule has 3 N–H and O–H groups in total. The molecule has 2 rings (SSSR count). The summed E-state index contributed by atoms with van der Waals surface area (Å²) in [4.78, 5) is 11.0. The molecule has 0 amide bonds. The Morgan fingerprint density at radius 2 is 2.17 bits per heavy atom. The lowest BCUT2D eigenvalue weighted by Gasteiger charge is -2.09. The molecule has 6 heteroatoms. The van der Waals surface area contributed by atoms with Crippen LogP contribution in [0.15, 0.2) is 24.5 Å². The molecule has 0 bridgehead atoms. The molecule has 0 spiro atoms. The first-order chi connectivity index (χ1) is 8.47. The Labute approximate surface area is 104 Å². The number of anilines is 1. The van der Waals surface area contributed by atoms with Crippen LogP contribution in [-0.4, -0.2) is 20.9 Å². The molecule has 0 aliphatic carbocycles. The molecule has 1 aromatic carbocycles. The van der Waals surface area contributed by atoms with Gasteiger partial charge in [0.15, 0.2) is 5.75 Å². The molecule has 1 aromatic heterocycles. The minimum Gasteiger partial charge on any atom is -0.478 e. The van der Waals surface area contributed by atoms with E-state index in [1.54, 1.807) is 37.1 Å². The molecule has 0 aliphatic rings. The summed E-state index contributed by atoms with van der Waals surface area (Å²) in [5.41, 5.74) is 6.64. The number of benzene rings is 1. The van der Waals surface area contributed by atoms with Gasteiger partial charge in [0.05, 0.1) is 18.0 Å². The second kappa shape index (κ2) is 4.40. The van der Waals surface area contributed by atoms with Crippen LogP contribution in [0, 0.1) is 6.92 Å². The summed E-state index contributed by atoms with van der Waals surface area (Å²) in [7, 11) is 1.77. The van der Waals surface area contributed by atoms with Crippen molar-refractivity contribution in [3.63, 3.8) is 0 Å². The van der Waals surface area contributed by atoms with Crippen LogP contribution in [0.3, 0.4) is 0 Å². The number of ether oxygens (including phenoxy) is 1. The molecule has 0 unspecified atom stereocenters. The van der Waals surface area contributed by atoms with E-state index < -0.39 is 5.97 Å². The Morgan fingerprint density at radius 1 is 1.44 bits per heavy atom. The summed E-state index contributed by atoms with van der Waals surface area (Å²) in [5, 5.41) is 13.0. The van der Waals surface area contributed by atoms with Crippen molar-refractivity contribution >= 4 is 11.7 Å². The summed E-state index contributed by atoms with van der Waals surface area (Å²) in [6, 6.07) is 3.09. The molecule has 0 saturated heterocycles. The van der Waals surface area contributed by atoms with Crippen molar-refractivity contribution < 1.29 is 14.6 Å². The fourth-order valence-corrected chi connectivity index (χ4v) is 1.59. The van der Waals surface area contributed by atoms with Gasteiger partial charge in [-0.1, -0.05) is 0 Å². The van der Waals surface area contributed by atoms with Gasteiger partial charge in [-0.15, -0.1) is 0 Å². The van der Waals surface area contributed by atoms with E-state index in [9.17, 15) is 4.79 Å². The topological polar surface area (TPSA) is 90.4 Å². The highest BCUT2D eigenvalue weighted by Gasteiger charge is 2.13. The van der Waals surface area contributed by atoms with Crippen LogP contribution in [0.5, 0.6) is 11.5 Å². The number of aromatic nitrogens is 2. The lowest BCUT2D eigenvalue weighted by molar-refractivity contribution is 0.0697. The van der Waals surface area contributed by atoms with Crippen molar-refractivity contribution in [2.24, 2.45) is 7.05 Å². The maximum absolute atomic E-state index is 11.0. The van der Waals surface area contributed by atoms with Gasteiger partial charge in [0.2, 0.25) is 0 Å². The number of aryl methyl sites for hydroxylation is 2. The zero-order chi connectivity index (χ0) is 13.3. The minimum absolute atomic E-state index is 0.0360. The number of hydrogen-bond donors (Lipinski definition) is 2. The molecular formula is C12H13N3O3. The van der Waals surface area contributed by atoms with Crippen molar-refractivity contribution in [3.8, 4) is 11.5 Å². The number of rotatable bonds is 3. The van der Waals surface area contributed by atoms with E-state index in [4.69, 9.17) is 15.6 Å². The second-order valence-corrected chi connectivity index (χ2v) is 3.96. The first-order valence-electron chi connectivity index (χ1n) is 5.27. The summed E-state index contributed by atoms with van der Waals surface area (Å²) in [5.74, 6) is -0.114. The smallest absolute Gasteiger partial charge is 0.337 e. The molecule has 18 heavy (non-hydrogen) atoms. The van der Waals surface area contributed by atoms with Gasteiger partial charge in [0, 0.05) is 12.7 Å². The Morgan fingerprint density at radius 3 is 2.72 bits per heavy atom. The first-order valence-corrected chi connectivity index (χ1v) is 5.27. The molecule has 0 fully saturated rings. The molecule has 94 valence electrons. The van der Waals surface area contributed by atoms with E-state index in [2.05, 4.69) is 5.10 Å². The van der Waals surface area contributed by atoms with E-state index in [-0.39, 0.29) is 11.3 Å². The summed E-state index contributed by atoms with van der Waals surface area (Å²) >= 11 is 0. The number of carboxylic acids is 1. The SMILES string of the molecule is Cc1cc(Oc2cnn(C)c2)cc(C(=O)O)c1N.